The van der Waals surface area contributed by atoms with Crippen LogP contribution in [0.25, 0.3) is 0 Å². The van der Waals surface area contributed by atoms with Crippen LogP contribution in [0.15, 0.2) is 6.20 Å². The molecule has 0 aliphatic carbocycles. The number of amides is 1. The zero-order valence-corrected chi connectivity index (χ0v) is 10.6. The van der Waals surface area contributed by atoms with Crippen molar-refractivity contribution >= 4 is 23.4 Å². The molecule has 0 bridgehead atoms. The molecule has 0 saturated heterocycles. The molecule has 0 unspecified atom stereocenters. The van der Waals surface area contributed by atoms with E-state index in [9.17, 15) is 4.79 Å². The Balaban J connectivity index is 2.66. The highest BCUT2D eigenvalue weighted by Crippen LogP contribution is 2.20. The van der Waals surface area contributed by atoms with E-state index in [1.54, 1.807) is 31.6 Å². The van der Waals surface area contributed by atoms with Crippen LogP contribution in [0.3, 0.4) is 0 Å². The molecular weight excluding hydrogens is 230 g/mol. The lowest BCUT2D eigenvalue weighted by atomic mass is 10.2. The van der Waals surface area contributed by atoms with Gasteiger partial charge in [0.05, 0.1) is 6.20 Å². The zero-order valence-electron chi connectivity index (χ0n) is 9.87. The summed E-state index contributed by atoms with van der Waals surface area (Å²) in [7, 11) is 0. The second-order valence-electron chi connectivity index (χ2n) is 4.32. The third-order valence-corrected chi connectivity index (χ3v) is 1.96. The number of aryl methyl sites for hydroxylation is 1. The molecule has 0 spiro atoms. The van der Waals surface area contributed by atoms with Crippen LogP contribution in [-0.4, -0.2) is 21.5 Å². The first-order valence-electron chi connectivity index (χ1n) is 5.05. The van der Waals surface area contributed by atoms with Gasteiger partial charge in [0.25, 0.3) is 0 Å². The molecule has 1 aromatic rings. The molecular formula is C10H16ClN3O2. The van der Waals surface area contributed by atoms with Crippen molar-refractivity contribution in [1.82, 2.24) is 9.78 Å². The molecule has 1 aromatic heterocycles. The maximum absolute atomic E-state index is 11.4. The smallest absolute Gasteiger partial charge is 0.412 e. The summed E-state index contributed by atoms with van der Waals surface area (Å²) in [4.78, 5) is 11.4. The molecule has 1 amide bonds. The van der Waals surface area contributed by atoms with Gasteiger partial charge < -0.3 is 4.74 Å². The average Bonchev–Trinajstić information content (AvgIpc) is 2.44. The Morgan fingerprint density at radius 3 is 2.69 bits per heavy atom. The number of halogens is 1. The number of nitrogens with one attached hydrogen (secondary N) is 1. The summed E-state index contributed by atoms with van der Waals surface area (Å²) in [5.41, 5.74) is -0.0742. The van der Waals surface area contributed by atoms with E-state index < -0.39 is 11.7 Å². The number of ether oxygens (including phenoxy) is 1. The summed E-state index contributed by atoms with van der Waals surface area (Å²) in [6, 6.07) is 0. The van der Waals surface area contributed by atoms with Crippen LogP contribution in [0, 0.1) is 0 Å². The Kier molecular flexibility index (Phi) is 3.80. The van der Waals surface area contributed by atoms with Crippen molar-refractivity contribution in [3.63, 3.8) is 0 Å². The molecule has 6 heteroatoms. The molecule has 0 aromatic carbocycles. The van der Waals surface area contributed by atoms with E-state index in [0.29, 0.717) is 12.2 Å². The molecule has 0 fully saturated rings. The minimum absolute atomic E-state index is 0.257. The van der Waals surface area contributed by atoms with Gasteiger partial charge in [-0.25, -0.2) is 4.79 Å². The van der Waals surface area contributed by atoms with Gasteiger partial charge in [-0.3, -0.25) is 10.00 Å². The molecule has 0 saturated carbocycles. The van der Waals surface area contributed by atoms with Crippen molar-refractivity contribution in [1.29, 1.82) is 0 Å². The molecule has 1 heterocycles. The van der Waals surface area contributed by atoms with E-state index in [-0.39, 0.29) is 5.15 Å². The van der Waals surface area contributed by atoms with E-state index in [4.69, 9.17) is 16.3 Å². The molecule has 5 nitrogen and oxygen atoms in total. The van der Waals surface area contributed by atoms with Crippen molar-refractivity contribution in [2.75, 3.05) is 5.32 Å². The molecule has 90 valence electrons. The quantitative estimate of drug-likeness (QED) is 0.872. The first-order chi connectivity index (χ1) is 7.31. The van der Waals surface area contributed by atoms with E-state index in [2.05, 4.69) is 10.4 Å². The van der Waals surface area contributed by atoms with Gasteiger partial charge >= 0.3 is 6.09 Å². The monoisotopic (exact) mass is 245 g/mol. The second kappa shape index (κ2) is 4.74. The fourth-order valence-corrected chi connectivity index (χ4v) is 1.25. The van der Waals surface area contributed by atoms with Gasteiger partial charge in [-0.2, -0.15) is 5.10 Å². The zero-order chi connectivity index (χ0) is 12.3. The minimum atomic E-state index is -0.537. The molecule has 0 radical (unpaired) electrons. The highest BCUT2D eigenvalue weighted by molar-refractivity contribution is 6.32. The van der Waals surface area contributed by atoms with Crippen molar-refractivity contribution in [3.05, 3.63) is 11.3 Å². The lowest BCUT2D eigenvalue weighted by molar-refractivity contribution is 0.0636. The summed E-state index contributed by atoms with van der Waals surface area (Å²) < 4.78 is 6.73. The Bertz CT molecular complexity index is 382. The predicted molar refractivity (Wildman–Crippen MR) is 62.8 cm³/mol. The Labute approximate surface area is 99.7 Å². The van der Waals surface area contributed by atoms with E-state index >= 15 is 0 Å². The molecule has 0 aliphatic rings. The normalized spacial score (nSPS) is 11.3. The lowest BCUT2D eigenvalue weighted by Crippen LogP contribution is -2.27. The number of hydrogen-bond donors (Lipinski definition) is 1. The second-order valence-corrected chi connectivity index (χ2v) is 4.67. The fourth-order valence-electron chi connectivity index (χ4n) is 1.06. The largest absolute Gasteiger partial charge is 0.444 e. The maximum Gasteiger partial charge on any atom is 0.412 e. The van der Waals surface area contributed by atoms with Crippen LogP contribution in [0.1, 0.15) is 27.7 Å². The van der Waals surface area contributed by atoms with Gasteiger partial charge in [0, 0.05) is 6.54 Å². The number of rotatable bonds is 2. The third kappa shape index (κ3) is 3.73. The number of nitrogens with zero attached hydrogens (tertiary/aromatic N) is 2. The summed E-state index contributed by atoms with van der Waals surface area (Å²) >= 11 is 5.84. The Morgan fingerprint density at radius 1 is 1.62 bits per heavy atom. The maximum atomic E-state index is 11.4. The van der Waals surface area contributed by atoms with Gasteiger partial charge in [0.15, 0.2) is 5.15 Å². The van der Waals surface area contributed by atoms with Gasteiger partial charge in [0.2, 0.25) is 0 Å². The first-order valence-corrected chi connectivity index (χ1v) is 5.42. The molecule has 1 rings (SSSR count). The van der Waals surface area contributed by atoms with Crippen LogP contribution < -0.4 is 5.32 Å². The Hall–Kier alpha value is -1.23. The van der Waals surface area contributed by atoms with Gasteiger partial charge in [-0.15, -0.1) is 0 Å². The molecule has 1 N–H and O–H groups in total. The van der Waals surface area contributed by atoms with E-state index in [1.807, 2.05) is 6.92 Å². The van der Waals surface area contributed by atoms with Crippen LogP contribution >= 0.6 is 11.6 Å². The first kappa shape index (κ1) is 12.8. The van der Waals surface area contributed by atoms with Crippen molar-refractivity contribution in [3.8, 4) is 0 Å². The summed E-state index contributed by atoms with van der Waals surface area (Å²) in [6.45, 7) is 8.01. The average molecular weight is 246 g/mol. The van der Waals surface area contributed by atoms with Crippen LogP contribution in [0.2, 0.25) is 5.15 Å². The number of carbonyl (C=O) groups excluding carboxylic acids is 1. The van der Waals surface area contributed by atoms with Crippen molar-refractivity contribution in [2.24, 2.45) is 0 Å². The number of hydrogen-bond acceptors (Lipinski definition) is 3. The van der Waals surface area contributed by atoms with E-state index in [1.165, 1.54) is 0 Å². The molecule has 0 atom stereocenters. The standard InChI is InChI=1S/C10H16ClN3O2/c1-5-14-6-7(8(11)13-14)12-9(15)16-10(2,3)4/h6H,5H2,1-4H3,(H,12,15). The van der Waals surface area contributed by atoms with Crippen LogP contribution in [0.5, 0.6) is 0 Å². The molecule has 16 heavy (non-hydrogen) atoms. The third-order valence-electron chi connectivity index (χ3n) is 1.68. The lowest BCUT2D eigenvalue weighted by Gasteiger charge is -2.19. The van der Waals surface area contributed by atoms with Crippen LogP contribution in [0.4, 0.5) is 10.5 Å². The topological polar surface area (TPSA) is 56.2 Å². The number of carbonyl (C=O) groups is 1. The number of anilines is 1. The van der Waals surface area contributed by atoms with Gasteiger partial charge in [-0.05, 0) is 27.7 Å². The minimum Gasteiger partial charge on any atom is -0.444 e. The Morgan fingerprint density at radius 2 is 2.25 bits per heavy atom. The molecule has 0 aliphatic heterocycles. The van der Waals surface area contributed by atoms with E-state index in [0.717, 1.165) is 0 Å². The summed E-state index contributed by atoms with van der Waals surface area (Å²) in [5.74, 6) is 0. The highest BCUT2D eigenvalue weighted by atomic mass is 35.5. The fraction of sp³-hybridized carbons (Fsp3) is 0.600. The summed E-state index contributed by atoms with van der Waals surface area (Å²) in [6.07, 6.45) is 1.12. The van der Waals surface area contributed by atoms with Crippen LogP contribution in [-0.2, 0) is 11.3 Å². The van der Waals surface area contributed by atoms with Crippen molar-refractivity contribution in [2.45, 2.75) is 39.8 Å². The SMILES string of the molecule is CCn1cc(NC(=O)OC(C)(C)C)c(Cl)n1. The van der Waals surface area contributed by atoms with Crippen molar-refractivity contribution < 1.29 is 9.53 Å². The predicted octanol–water partition coefficient (Wildman–Crippen LogP) is 2.90. The number of aromatic nitrogens is 2. The summed E-state index contributed by atoms with van der Waals surface area (Å²) in [5, 5.41) is 6.79. The van der Waals surface area contributed by atoms with Gasteiger partial charge in [-0.1, -0.05) is 11.6 Å². The van der Waals surface area contributed by atoms with Gasteiger partial charge in [0.1, 0.15) is 11.3 Å². The highest BCUT2D eigenvalue weighted by Gasteiger charge is 2.18.